The zero-order valence-corrected chi connectivity index (χ0v) is 32.0. The molecule has 0 aliphatic carbocycles. The molecule has 4 aromatic carbocycles. The van der Waals surface area contributed by atoms with E-state index < -0.39 is 14.2 Å². The number of carbonyl (C=O) groups excluding carboxylic acids is 1. The number of β-lactam (4-membered cyclic amide) rings is 1. The van der Waals surface area contributed by atoms with Gasteiger partial charge in [0.05, 0.1) is 18.1 Å². The van der Waals surface area contributed by atoms with Crippen molar-refractivity contribution >= 4 is 35.8 Å². The third-order valence-electron chi connectivity index (χ3n) is 9.69. The molecule has 9 heteroatoms. The van der Waals surface area contributed by atoms with Crippen LogP contribution in [0.1, 0.15) is 62.4 Å². The predicted molar refractivity (Wildman–Crippen MR) is 202 cm³/mol. The van der Waals surface area contributed by atoms with E-state index in [2.05, 4.69) is 49.8 Å². The van der Waals surface area contributed by atoms with Gasteiger partial charge in [0.1, 0.15) is 36.3 Å². The molecule has 1 aliphatic heterocycles. The van der Waals surface area contributed by atoms with Gasteiger partial charge in [-0.2, -0.15) is 0 Å². The summed E-state index contributed by atoms with van der Waals surface area (Å²) in [6.07, 6.45) is 4.67. The molecule has 264 valence electrons. The molecular formula is C41H46BrF2NO4Si. The van der Waals surface area contributed by atoms with Gasteiger partial charge in [0.15, 0.2) is 8.32 Å². The Kier molecular flexibility index (Phi) is 12.4. The van der Waals surface area contributed by atoms with Gasteiger partial charge in [0.25, 0.3) is 0 Å². The number of hydrogen-bond acceptors (Lipinski definition) is 4. The molecule has 1 unspecified atom stereocenters. The smallest absolute Gasteiger partial charge is 0.233 e. The van der Waals surface area contributed by atoms with Crippen molar-refractivity contribution in [2.75, 3.05) is 16.8 Å². The van der Waals surface area contributed by atoms with Gasteiger partial charge in [-0.1, -0.05) is 91.3 Å². The van der Waals surface area contributed by atoms with Gasteiger partial charge in [-0.15, -0.1) is 0 Å². The standard InChI is InChI=1S/C41H46BrF2NO4Si/c1-41(2,3)50(4,5)49-37(30-13-15-31(43)16-14-30)24-23-36-39(45(40(36)46)33-19-17-32(44)18-20-33)35-22-21-34(47-26-10-9-25-42)27-38(35)48-28-29-11-7-6-8-12-29/h6-22,27,36-37,39H,23-26,28H2,1-5H3/b10-9+/t36?,37-,39+/m0/s1. The number of nitrogens with zero attached hydrogens (tertiary/aromatic N) is 1. The van der Waals surface area contributed by atoms with Gasteiger partial charge in [0.2, 0.25) is 5.91 Å². The SMILES string of the molecule is CC(C)(C)[Si](C)(C)O[C@@H](CCC1C(=O)N(c2ccc(F)cc2)[C@@H]1c1ccc(OC/C=C/CBr)cc1OCc1ccccc1)c1ccc(F)cc1. The molecule has 0 aromatic heterocycles. The lowest BCUT2D eigenvalue weighted by Gasteiger charge is -2.48. The van der Waals surface area contributed by atoms with Crippen LogP contribution in [0.5, 0.6) is 11.5 Å². The molecule has 0 radical (unpaired) electrons. The molecule has 1 saturated heterocycles. The van der Waals surface area contributed by atoms with Gasteiger partial charge in [-0.05, 0) is 90.6 Å². The Bertz CT molecular complexity index is 1740. The first kappa shape index (κ1) is 37.5. The lowest BCUT2D eigenvalue weighted by molar-refractivity contribution is -0.131. The Morgan fingerprint density at radius 3 is 2.18 bits per heavy atom. The number of alkyl halides is 1. The van der Waals surface area contributed by atoms with E-state index in [0.29, 0.717) is 43.2 Å². The van der Waals surface area contributed by atoms with Crippen LogP contribution in [0.3, 0.4) is 0 Å². The van der Waals surface area contributed by atoms with Crippen molar-refractivity contribution in [2.24, 2.45) is 5.92 Å². The lowest BCUT2D eigenvalue weighted by atomic mass is 9.78. The molecule has 1 amide bonds. The third-order valence-corrected chi connectivity index (χ3v) is 14.5. The molecule has 3 atom stereocenters. The molecule has 4 aromatic rings. The zero-order chi connectivity index (χ0) is 35.9. The minimum Gasteiger partial charge on any atom is -0.489 e. The Morgan fingerprint density at radius 1 is 0.880 bits per heavy atom. The van der Waals surface area contributed by atoms with Crippen molar-refractivity contribution in [3.63, 3.8) is 0 Å². The summed E-state index contributed by atoms with van der Waals surface area (Å²) in [6.45, 7) is 11.7. The number of allylic oxidation sites excluding steroid dienone is 1. The van der Waals surface area contributed by atoms with Crippen LogP contribution in [0.25, 0.3) is 0 Å². The van der Waals surface area contributed by atoms with Crippen molar-refractivity contribution in [3.05, 3.63) is 138 Å². The highest BCUT2D eigenvalue weighted by atomic mass is 79.9. The molecule has 50 heavy (non-hydrogen) atoms. The third kappa shape index (κ3) is 9.10. The zero-order valence-electron chi connectivity index (χ0n) is 29.4. The number of benzene rings is 4. The average molecular weight is 763 g/mol. The molecular weight excluding hydrogens is 716 g/mol. The van der Waals surface area contributed by atoms with Crippen LogP contribution in [0.4, 0.5) is 14.5 Å². The van der Waals surface area contributed by atoms with Gasteiger partial charge in [-0.25, -0.2) is 8.78 Å². The van der Waals surface area contributed by atoms with E-state index in [1.54, 1.807) is 29.2 Å². The fraction of sp³-hybridized carbons (Fsp3) is 0.341. The predicted octanol–water partition coefficient (Wildman–Crippen LogP) is 11.1. The largest absolute Gasteiger partial charge is 0.489 e. The number of halogens is 3. The molecule has 0 saturated carbocycles. The van der Waals surface area contributed by atoms with Gasteiger partial charge in [0, 0.05) is 22.6 Å². The van der Waals surface area contributed by atoms with E-state index in [-0.39, 0.29) is 34.7 Å². The molecule has 0 N–H and O–H groups in total. The summed E-state index contributed by atoms with van der Waals surface area (Å²) in [5.41, 5.74) is 3.34. The first-order valence-corrected chi connectivity index (χ1v) is 21.1. The van der Waals surface area contributed by atoms with Crippen molar-refractivity contribution in [2.45, 2.75) is 70.5 Å². The first-order chi connectivity index (χ1) is 23.9. The highest BCUT2D eigenvalue weighted by molar-refractivity contribution is 9.09. The van der Waals surface area contributed by atoms with Gasteiger partial charge < -0.3 is 18.8 Å². The van der Waals surface area contributed by atoms with Crippen molar-refractivity contribution in [3.8, 4) is 11.5 Å². The summed E-state index contributed by atoms with van der Waals surface area (Å²) in [5.74, 6) is 0.115. The molecule has 1 heterocycles. The van der Waals surface area contributed by atoms with Crippen LogP contribution < -0.4 is 14.4 Å². The second-order valence-electron chi connectivity index (χ2n) is 14.1. The van der Waals surface area contributed by atoms with Crippen LogP contribution in [0.2, 0.25) is 18.1 Å². The Balaban J connectivity index is 1.50. The second kappa shape index (κ2) is 16.5. The molecule has 1 aliphatic rings. The van der Waals surface area contributed by atoms with Crippen LogP contribution in [0.15, 0.2) is 109 Å². The van der Waals surface area contributed by atoms with E-state index in [0.717, 1.165) is 22.0 Å². The van der Waals surface area contributed by atoms with Crippen LogP contribution in [-0.4, -0.2) is 26.2 Å². The summed E-state index contributed by atoms with van der Waals surface area (Å²) in [6, 6.07) is 27.7. The van der Waals surface area contributed by atoms with Crippen LogP contribution >= 0.6 is 15.9 Å². The van der Waals surface area contributed by atoms with E-state index in [1.165, 1.54) is 24.3 Å². The Labute approximate surface area is 304 Å². The maximum absolute atomic E-state index is 14.1. The minimum absolute atomic E-state index is 0.0434. The fourth-order valence-electron chi connectivity index (χ4n) is 5.89. The summed E-state index contributed by atoms with van der Waals surface area (Å²) >= 11 is 3.39. The maximum Gasteiger partial charge on any atom is 0.233 e. The number of hydrogen-bond donors (Lipinski definition) is 0. The van der Waals surface area contributed by atoms with E-state index >= 15 is 0 Å². The molecule has 5 rings (SSSR count). The number of ether oxygens (including phenoxy) is 2. The minimum atomic E-state index is -2.24. The van der Waals surface area contributed by atoms with E-state index in [1.807, 2.05) is 60.7 Å². The topological polar surface area (TPSA) is 48.0 Å². The fourth-order valence-corrected chi connectivity index (χ4v) is 7.48. The number of anilines is 1. The lowest BCUT2D eigenvalue weighted by Crippen LogP contribution is -2.55. The van der Waals surface area contributed by atoms with Crippen LogP contribution in [-0.2, 0) is 15.8 Å². The van der Waals surface area contributed by atoms with Gasteiger partial charge >= 0.3 is 0 Å². The number of amides is 1. The van der Waals surface area contributed by atoms with Gasteiger partial charge in [-0.3, -0.25) is 4.79 Å². The highest BCUT2D eigenvalue weighted by Gasteiger charge is 2.50. The monoisotopic (exact) mass is 761 g/mol. The van der Waals surface area contributed by atoms with E-state index in [9.17, 15) is 13.6 Å². The highest BCUT2D eigenvalue weighted by Crippen LogP contribution is 2.50. The molecule has 0 bridgehead atoms. The maximum atomic E-state index is 14.1. The first-order valence-electron chi connectivity index (χ1n) is 17.0. The van der Waals surface area contributed by atoms with Crippen molar-refractivity contribution < 1.29 is 27.5 Å². The van der Waals surface area contributed by atoms with E-state index in [4.69, 9.17) is 13.9 Å². The van der Waals surface area contributed by atoms with Crippen molar-refractivity contribution in [1.82, 2.24) is 0 Å². The Morgan fingerprint density at radius 2 is 1.54 bits per heavy atom. The summed E-state index contributed by atoms with van der Waals surface area (Å²) < 4.78 is 47.4. The normalized spacial score (nSPS) is 17.1. The number of carbonyl (C=O) groups is 1. The average Bonchev–Trinajstić information content (AvgIpc) is 3.09. The summed E-state index contributed by atoms with van der Waals surface area (Å²) in [5, 5.41) is 0.693. The molecule has 1 fully saturated rings. The summed E-state index contributed by atoms with van der Waals surface area (Å²) in [7, 11) is -2.24. The summed E-state index contributed by atoms with van der Waals surface area (Å²) in [4.78, 5) is 15.8. The van der Waals surface area contributed by atoms with Crippen LogP contribution in [0, 0.1) is 17.6 Å². The Hall–Kier alpha value is -3.79. The molecule has 5 nitrogen and oxygen atoms in total. The molecule has 0 spiro atoms. The quantitative estimate of drug-likeness (QED) is 0.0524. The van der Waals surface area contributed by atoms with Crippen molar-refractivity contribution in [1.29, 1.82) is 0 Å². The number of rotatable bonds is 15. The second-order valence-corrected chi connectivity index (χ2v) is 19.5.